The highest BCUT2D eigenvalue weighted by Gasteiger charge is 2.33. The van der Waals surface area contributed by atoms with Gasteiger partial charge < -0.3 is 14.0 Å². The molecule has 0 bridgehead atoms. The van der Waals surface area contributed by atoms with E-state index in [0.29, 0.717) is 41.0 Å². The number of ketones is 1. The van der Waals surface area contributed by atoms with E-state index in [9.17, 15) is 13.2 Å². The number of hydrogen-bond acceptors (Lipinski definition) is 8. The number of methoxy groups -OCH3 is 2. The number of carbonyl (C=O) groups excluding carboxylic acids is 1. The Bertz CT molecular complexity index is 1020. The van der Waals surface area contributed by atoms with Gasteiger partial charge in [-0.05, 0) is 18.6 Å². The lowest BCUT2D eigenvalue weighted by Gasteiger charge is -2.12. The zero-order valence-electron chi connectivity index (χ0n) is 16.3. The van der Waals surface area contributed by atoms with Gasteiger partial charge in [-0.2, -0.15) is 0 Å². The average molecular weight is 438 g/mol. The van der Waals surface area contributed by atoms with Gasteiger partial charge in [-0.3, -0.25) is 4.79 Å². The molecule has 1 aromatic carbocycles. The standard InChI is InChI=1S/C19H23N3O5S2/c1-4-8-22-18(13-7-9-29(24,25)12-13)20-21-19(22)28-11-16(23)15-6-5-14(26-2)10-17(15)27-3/h4-6,10,13H,1,7-9,11-12H2,2-3H3. The Balaban J connectivity index is 1.77. The van der Waals surface area contributed by atoms with Crippen LogP contribution in [0, 0.1) is 0 Å². The molecule has 0 amide bonds. The molecule has 1 aliphatic rings. The number of sulfone groups is 1. The van der Waals surface area contributed by atoms with E-state index in [-0.39, 0.29) is 29.0 Å². The van der Waals surface area contributed by atoms with Crippen molar-refractivity contribution >= 4 is 27.4 Å². The van der Waals surface area contributed by atoms with Crippen LogP contribution < -0.4 is 9.47 Å². The minimum atomic E-state index is -3.03. The summed E-state index contributed by atoms with van der Waals surface area (Å²) in [6.07, 6.45) is 2.24. The second-order valence-electron chi connectivity index (χ2n) is 6.62. The Morgan fingerprint density at radius 3 is 2.76 bits per heavy atom. The molecule has 3 rings (SSSR count). The highest BCUT2D eigenvalue weighted by atomic mass is 32.2. The van der Waals surface area contributed by atoms with E-state index in [1.165, 1.54) is 18.9 Å². The van der Waals surface area contributed by atoms with Crippen LogP contribution in [0.5, 0.6) is 11.5 Å². The topological polar surface area (TPSA) is 100 Å². The fourth-order valence-corrected chi connectivity index (χ4v) is 5.82. The molecule has 1 unspecified atom stereocenters. The Morgan fingerprint density at radius 1 is 1.34 bits per heavy atom. The third-order valence-electron chi connectivity index (χ3n) is 4.70. The first kappa shape index (κ1) is 21.4. The first-order valence-electron chi connectivity index (χ1n) is 9.01. The zero-order chi connectivity index (χ0) is 21.0. The van der Waals surface area contributed by atoms with Crippen molar-refractivity contribution in [2.24, 2.45) is 0 Å². The van der Waals surface area contributed by atoms with Gasteiger partial charge in [0.2, 0.25) is 0 Å². The maximum absolute atomic E-state index is 12.7. The van der Waals surface area contributed by atoms with Crippen LogP contribution in [0.2, 0.25) is 0 Å². The molecule has 0 saturated carbocycles. The van der Waals surface area contributed by atoms with Gasteiger partial charge >= 0.3 is 0 Å². The van der Waals surface area contributed by atoms with Crippen LogP contribution in [0.15, 0.2) is 36.0 Å². The quantitative estimate of drug-likeness (QED) is 0.335. The lowest BCUT2D eigenvalue weighted by molar-refractivity contribution is 0.101. The second-order valence-corrected chi connectivity index (χ2v) is 9.79. The maximum Gasteiger partial charge on any atom is 0.191 e. The number of benzene rings is 1. The van der Waals surface area contributed by atoms with Crippen LogP contribution in [0.4, 0.5) is 0 Å². The van der Waals surface area contributed by atoms with Crippen molar-refractivity contribution < 1.29 is 22.7 Å². The van der Waals surface area contributed by atoms with E-state index >= 15 is 0 Å². The molecule has 0 N–H and O–H groups in total. The van der Waals surface area contributed by atoms with Gasteiger partial charge in [0, 0.05) is 18.5 Å². The molecule has 1 fully saturated rings. The van der Waals surface area contributed by atoms with E-state index in [4.69, 9.17) is 9.47 Å². The van der Waals surface area contributed by atoms with Gasteiger partial charge in [-0.25, -0.2) is 8.42 Å². The van der Waals surface area contributed by atoms with Gasteiger partial charge in [0.15, 0.2) is 20.8 Å². The van der Waals surface area contributed by atoms with E-state index in [0.717, 1.165) is 0 Å². The predicted molar refractivity (Wildman–Crippen MR) is 111 cm³/mol. The summed E-state index contributed by atoms with van der Waals surface area (Å²) in [5.74, 6) is 1.76. The fourth-order valence-electron chi connectivity index (χ4n) is 3.24. The summed E-state index contributed by atoms with van der Waals surface area (Å²) in [5.41, 5.74) is 0.456. The number of thioether (sulfide) groups is 1. The Labute approximate surface area is 174 Å². The van der Waals surface area contributed by atoms with Crippen LogP contribution >= 0.6 is 11.8 Å². The van der Waals surface area contributed by atoms with Crippen LogP contribution in [0.1, 0.15) is 28.5 Å². The van der Waals surface area contributed by atoms with Crippen LogP contribution in [0.25, 0.3) is 0 Å². The third kappa shape index (κ3) is 4.81. The van der Waals surface area contributed by atoms with Gasteiger partial charge in [-0.1, -0.05) is 17.8 Å². The molecule has 29 heavy (non-hydrogen) atoms. The van der Waals surface area contributed by atoms with E-state index < -0.39 is 9.84 Å². The van der Waals surface area contributed by atoms with Crippen LogP contribution in [0.3, 0.4) is 0 Å². The fraction of sp³-hybridized carbons (Fsp3) is 0.421. The average Bonchev–Trinajstić information content (AvgIpc) is 3.28. The summed E-state index contributed by atoms with van der Waals surface area (Å²) in [4.78, 5) is 12.7. The lowest BCUT2D eigenvalue weighted by atomic mass is 10.1. The van der Waals surface area contributed by atoms with Gasteiger partial charge in [0.25, 0.3) is 0 Å². The summed E-state index contributed by atoms with van der Waals surface area (Å²) in [6, 6.07) is 5.04. The van der Waals surface area contributed by atoms with Crippen LogP contribution in [-0.2, 0) is 16.4 Å². The minimum absolute atomic E-state index is 0.0783. The number of carbonyl (C=O) groups is 1. The van der Waals surface area contributed by atoms with Crippen LogP contribution in [-0.4, -0.2) is 60.4 Å². The van der Waals surface area contributed by atoms with Crippen molar-refractivity contribution in [3.8, 4) is 11.5 Å². The first-order valence-corrected chi connectivity index (χ1v) is 11.8. The predicted octanol–water partition coefficient (Wildman–Crippen LogP) is 2.36. The Kier molecular flexibility index (Phi) is 6.63. The SMILES string of the molecule is C=CCn1c(SCC(=O)c2ccc(OC)cc2OC)nnc1C1CCS(=O)(=O)C1. The normalized spacial score (nSPS) is 17.8. The third-order valence-corrected chi connectivity index (χ3v) is 7.43. The van der Waals surface area contributed by atoms with Gasteiger partial charge in [0.1, 0.15) is 17.3 Å². The lowest BCUT2D eigenvalue weighted by Crippen LogP contribution is -2.12. The number of allylic oxidation sites excluding steroid dienone is 1. The minimum Gasteiger partial charge on any atom is -0.497 e. The molecule has 8 nitrogen and oxygen atoms in total. The number of aromatic nitrogens is 3. The molecule has 2 aromatic rings. The summed E-state index contributed by atoms with van der Waals surface area (Å²) in [6.45, 7) is 4.20. The van der Waals surface area contributed by atoms with Crippen molar-refractivity contribution in [3.05, 3.63) is 42.2 Å². The molecular formula is C19H23N3O5S2. The summed E-state index contributed by atoms with van der Waals surface area (Å²) < 4.78 is 35.9. The number of nitrogens with zero attached hydrogens (tertiary/aromatic N) is 3. The van der Waals surface area contributed by atoms with E-state index in [1.807, 2.05) is 4.57 Å². The molecule has 0 aliphatic carbocycles. The van der Waals surface area contributed by atoms with Gasteiger partial charge in [-0.15, -0.1) is 16.8 Å². The van der Waals surface area contributed by atoms with Crippen molar-refractivity contribution in [3.63, 3.8) is 0 Å². The largest absolute Gasteiger partial charge is 0.497 e. The summed E-state index contributed by atoms with van der Waals surface area (Å²) in [7, 11) is 0.0154. The molecule has 2 heterocycles. The summed E-state index contributed by atoms with van der Waals surface area (Å²) in [5, 5.41) is 8.97. The Hall–Kier alpha value is -2.33. The molecule has 1 atom stereocenters. The molecule has 10 heteroatoms. The van der Waals surface area contributed by atoms with Crippen molar-refractivity contribution in [1.82, 2.24) is 14.8 Å². The van der Waals surface area contributed by atoms with Crippen molar-refractivity contribution in [2.45, 2.75) is 24.0 Å². The maximum atomic E-state index is 12.7. The number of Topliss-reactive ketones (excluding diaryl/α,β-unsaturated/α-hetero) is 1. The van der Waals surface area contributed by atoms with Crippen molar-refractivity contribution in [1.29, 1.82) is 0 Å². The summed E-state index contributed by atoms with van der Waals surface area (Å²) >= 11 is 1.25. The Morgan fingerprint density at radius 2 is 2.14 bits per heavy atom. The van der Waals surface area contributed by atoms with E-state index in [1.54, 1.807) is 31.4 Å². The van der Waals surface area contributed by atoms with Gasteiger partial charge in [0.05, 0.1) is 37.0 Å². The monoisotopic (exact) mass is 437 g/mol. The highest BCUT2D eigenvalue weighted by Crippen LogP contribution is 2.31. The molecule has 1 aliphatic heterocycles. The molecule has 1 aromatic heterocycles. The first-order chi connectivity index (χ1) is 13.9. The number of hydrogen-bond donors (Lipinski definition) is 0. The second kappa shape index (κ2) is 9.00. The number of rotatable bonds is 9. The smallest absolute Gasteiger partial charge is 0.191 e. The zero-order valence-corrected chi connectivity index (χ0v) is 18.0. The number of ether oxygens (including phenoxy) is 2. The van der Waals surface area contributed by atoms with E-state index in [2.05, 4.69) is 16.8 Å². The highest BCUT2D eigenvalue weighted by molar-refractivity contribution is 7.99. The molecule has 1 saturated heterocycles. The van der Waals surface area contributed by atoms with Crippen molar-refractivity contribution in [2.75, 3.05) is 31.5 Å². The molecule has 0 radical (unpaired) electrons. The molecular weight excluding hydrogens is 414 g/mol. The molecule has 0 spiro atoms. The molecule has 156 valence electrons.